The first kappa shape index (κ1) is 24.0. The first-order valence-corrected chi connectivity index (χ1v) is 11.7. The normalized spacial score (nSPS) is 10.4. The maximum atomic E-state index is 4.70. The zero-order valence-corrected chi connectivity index (χ0v) is 22.1. The van der Waals surface area contributed by atoms with Crippen LogP contribution in [-0.4, -0.2) is 9.97 Å². The number of aryl methyl sites for hydroxylation is 2. The largest absolute Gasteiger partial charge is 0.305 e. The number of rotatable bonds is 2. The predicted molar refractivity (Wildman–Crippen MR) is 139 cm³/mol. The zero-order valence-electron chi connectivity index (χ0n) is 18.9. The molecule has 0 aliphatic heterocycles. The van der Waals surface area contributed by atoms with Crippen molar-refractivity contribution in [3.8, 4) is 22.5 Å². The van der Waals surface area contributed by atoms with Crippen LogP contribution in [0.25, 0.3) is 42.7 Å². The third-order valence-corrected chi connectivity index (χ3v) is 6.55. The topological polar surface area (TPSA) is 25.8 Å². The van der Waals surface area contributed by atoms with E-state index in [0.717, 1.165) is 28.2 Å². The third kappa shape index (κ3) is 5.15. The Labute approximate surface area is 217 Å². The van der Waals surface area contributed by atoms with Crippen LogP contribution in [0.1, 0.15) is 11.3 Å². The molecule has 0 bridgehead atoms. The van der Waals surface area contributed by atoms with E-state index in [1.54, 1.807) is 6.20 Å². The first-order valence-electron chi connectivity index (χ1n) is 10.8. The Morgan fingerprint density at radius 2 is 1.56 bits per heavy atom. The van der Waals surface area contributed by atoms with E-state index >= 15 is 0 Å². The number of thiophene rings is 1. The summed E-state index contributed by atoms with van der Waals surface area (Å²) in [6.45, 7) is 4.16. The Bertz CT molecular complexity index is 1470. The molecule has 4 heteroatoms. The van der Waals surface area contributed by atoms with Gasteiger partial charge < -0.3 is 9.97 Å². The monoisotopic (exact) mass is 635 g/mol. The number of hydrogen-bond acceptors (Lipinski definition) is 3. The second kappa shape index (κ2) is 10.8. The summed E-state index contributed by atoms with van der Waals surface area (Å²) in [6, 6.07) is 37.2. The number of pyridine rings is 2. The molecule has 0 fully saturated rings. The molecule has 0 unspecified atom stereocenters. The van der Waals surface area contributed by atoms with Crippen molar-refractivity contribution in [2.24, 2.45) is 0 Å². The number of hydrogen-bond donors (Lipinski definition) is 0. The Balaban J connectivity index is 0.000000180. The molecule has 0 amide bonds. The average Bonchev–Trinajstić information content (AvgIpc) is 3.24. The summed E-state index contributed by atoms with van der Waals surface area (Å²) in [7, 11) is 0. The summed E-state index contributed by atoms with van der Waals surface area (Å²) in [5.74, 6) is 0. The quantitative estimate of drug-likeness (QED) is 0.180. The van der Waals surface area contributed by atoms with Crippen LogP contribution >= 0.6 is 11.3 Å². The molecule has 3 aromatic carbocycles. The molecule has 1 radical (unpaired) electrons. The minimum absolute atomic E-state index is 0. The summed E-state index contributed by atoms with van der Waals surface area (Å²) in [6.07, 6.45) is 1.79. The smallest absolute Gasteiger partial charge is 0.0268 e. The first-order chi connectivity index (χ1) is 16.2. The number of nitrogens with zero attached hydrogens (tertiary/aromatic N) is 2. The molecule has 0 spiro atoms. The molecule has 0 saturated carbocycles. The van der Waals surface area contributed by atoms with Crippen LogP contribution in [0.2, 0.25) is 0 Å². The van der Waals surface area contributed by atoms with Gasteiger partial charge in [-0.2, -0.15) is 11.3 Å². The molecular weight excluding hydrogens is 613 g/mol. The van der Waals surface area contributed by atoms with Gasteiger partial charge in [-0.25, -0.2) is 0 Å². The van der Waals surface area contributed by atoms with Gasteiger partial charge in [0.05, 0.1) is 0 Å². The molecule has 6 rings (SSSR count). The predicted octanol–water partition coefficient (Wildman–Crippen LogP) is 8.08. The summed E-state index contributed by atoms with van der Waals surface area (Å²) in [4.78, 5) is 8.92. The molecule has 0 aliphatic rings. The SMILES string of the molecule is Cc1cc(C)nc(-c2[c-]ccc3c2sc2ccccc23)c1.[Ir].[c-]1ccccc1-c1ccccn1. The Morgan fingerprint density at radius 3 is 2.32 bits per heavy atom. The molecule has 3 aromatic heterocycles. The van der Waals surface area contributed by atoms with Crippen LogP contribution in [0.3, 0.4) is 0 Å². The molecule has 0 aliphatic carbocycles. The van der Waals surface area contributed by atoms with Gasteiger partial charge in [0.1, 0.15) is 0 Å². The number of benzene rings is 3. The van der Waals surface area contributed by atoms with E-state index in [-0.39, 0.29) is 20.1 Å². The van der Waals surface area contributed by atoms with Crippen LogP contribution in [0, 0.1) is 26.0 Å². The van der Waals surface area contributed by atoms with Gasteiger partial charge in [-0.05, 0) is 53.5 Å². The molecule has 0 N–H and O–H groups in total. The molecule has 6 aromatic rings. The van der Waals surface area contributed by atoms with E-state index in [0.29, 0.717) is 0 Å². The van der Waals surface area contributed by atoms with E-state index in [1.807, 2.05) is 66.8 Å². The maximum absolute atomic E-state index is 4.70. The standard InChI is InChI=1S/C19H14NS.C11H8N.Ir/c1-12-10-13(2)20-17(11-12)16-8-5-7-15-14-6-3-4-9-18(14)21-19(15)16;1-2-6-10(7-3-1)11-8-4-5-9-12-11;/h3-7,9-11H,1-2H3;1-6,8-9H;/q2*-1;. The van der Waals surface area contributed by atoms with E-state index in [4.69, 9.17) is 4.98 Å². The minimum Gasteiger partial charge on any atom is -0.305 e. The molecule has 3 heterocycles. The van der Waals surface area contributed by atoms with E-state index < -0.39 is 0 Å². The van der Waals surface area contributed by atoms with E-state index in [1.165, 1.54) is 25.7 Å². The summed E-state index contributed by atoms with van der Waals surface area (Å²) in [5, 5.41) is 2.61. The Morgan fingerprint density at radius 1 is 0.735 bits per heavy atom. The van der Waals surface area contributed by atoms with Gasteiger partial charge in [-0.3, -0.25) is 0 Å². The third-order valence-electron chi connectivity index (χ3n) is 5.34. The van der Waals surface area contributed by atoms with Crippen molar-refractivity contribution in [1.82, 2.24) is 9.97 Å². The molecule has 0 atom stereocenters. The maximum Gasteiger partial charge on any atom is 0.0268 e. The van der Waals surface area contributed by atoms with Gasteiger partial charge in [-0.1, -0.05) is 47.3 Å². The summed E-state index contributed by atoms with van der Waals surface area (Å²) >= 11 is 1.82. The number of aromatic nitrogens is 2. The van der Waals surface area contributed by atoms with Crippen molar-refractivity contribution in [2.45, 2.75) is 13.8 Å². The Kier molecular flexibility index (Phi) is 7.64. The van der Waals surface area contributed by atoms with Gasteiger partial charge in [0.2, 0.25) is 0 Å². The van der Waals surface area contributed by atoms with Crippen molar-refractivity contribution in [3.05, 3.63) is 121 Å². The van der Waals surface area contributed by atoms with E-state index in [9.17, 15) is 0 Å². The summed E-state index contributed by atoms with van der Waals surface area (Å²) in [5.41, 5.74) is 6.43. The Hall–Kier alpha value is -3.17. The summed E-state index contributed by atoms with van der Waals surface area (Å²) < 4.78 is 2.59. The molecular formula is C30H22IrN2S-2. The average molecular weight is 635 g/mol. The van der Waals surface area contributed by atoms with Crippen LogP contribution in [0.5, 0.6) is 0 Å². The van der Waals surface area contributed by atoms with E-state index in [2.05, 4.69) is 66.5 Å². The van der Waals surface area contributed by atoms with Gasteiger partial charge in [0.15, 0.2) is 0 Å². The van der Waals surface area contributed by atoms with Crippen LogP contribution in [-0.2, 0) is 20.1 Å². The fraction of sp³-hybridized carbons (Fsp3) is 0.0667. The molecule has 169 valence electrons. The van der Waals surface area contributed by atoms with Crippen LogP contribution in [0.4, 0.5) is 0 Å². The zero-order chi connectivity index (χ0) is 22.6. The van der Waals surface area contributed by atoms with Gasteiger partial charge in [0.25, 0.3) is 0 Å². The van der Waals surface area contributed by atoms with Crippen molar-refractivity contribution in [2.75, 3.05) is 0 Å². The van der Waals surface area contributed by atoms with Gasteiger partial charge in [0, 0.05) is 36.7 Å². The second-order valence-corrected chi connectivity index (χ2v) is 8.91. The van der Waals surface area contributed by atoms with Crippen molar-refractivity contribution >= 4 is 31.5 Å². The van der Waals surface area contributed by atoms with Crippen molar-refractivity contribution < 1.29 is 20.1 Å². The molecule has 0 saturated heterocycles. The van der Waals surface area contributed by atoms with Gasteiger partial charge >= 0.3 is 0 Å². The number of fused-ring (bicyclic) bond motifs is 3. The van der Waals surface area contributed by atoms with Crippen molar-refractivity contribution in [3.63, 3.8) is 0 Å². The molecule has 2 nitrogen and oxygen atoms in total. The second-order valence-electron chi connectivity index (χ2n) is 7.86. The van der Waals surface area contributed by atoms with Crippen LogP contribution in [0.15, 0.2) is 97.2 Å². The fourth-order valence-electron chi connectivity index (χ4n) is 3.92. The van der Waals surface area contributed by atoms with Crippen molar-refractivity contribution in [1.29, 1.82) is 0 Å². The van der Waals surface area contributed by atoms with Gasteiger partial charge in [-0.15, -0.1) is 59.7 Å². The van der Waals surface area contributed by atoms with Crippen LogP contribution < -0.4 is 0 Å². The minimum atomic E-state index is 0. The molecule has 34 heavy (non-hydrogen) atoms. The fourth-order valence-corrected chi connectivity index (χ4v) is 5.13.